The van der Waals surface area contributed by atoms with Crippen molar-refractivity contribution >= 4 is 27.5 Å². The average Bonchev–Trinajstić information content (AvgIpc) is 3.22. The molecular formula is C15H16F3N5OS. The van der Waals surface area contributed by atoms with E-state index < -0.39 is 11.9 Å². The van der Waals surface area contributed by atoms with E-state index in [2.05, 4.69) is 15.5 Å². The monoisotopic (exact) mass is 371 g/mol. The molecule has 0 aliphatic rings. The van der Waals surface area contributed by atoms with Crippen molar-refractivity contribution in [2.24, 2.45) is 13.0 Å². The van der Waals surface area contributed by atoms with Crippen molar-refractivity contribution in [3.8, 4) is 0 Å². The van der Waals surface area contributed by atoms with Crippen LogP contribution >= 0.6 is 11.3 Å². The van der Waals surface area contributed by atoms with Gasteiger partial charge in [0.25, 0.3) is 5.91 Å². The minimum Gasteiger partial charge on any atom is -0.351 e. The lowest BCUT2D eigenvalue weighted by Gasteiger charge is -2.12. The smallest absolute Gasteiger partial charge is 0.351 e. The maximum Gasteiger partial charge on any atom is 0.435 e. The Kier molecular flexibility index (Phi) is 4.55. The standard InChI is InChI=1S/C15H16F3N5OS/c1-9(8-23-5-3-4-20-23)7-19-13(24)11-6-10-12(15(16,17)18)21-22(2)14(10)25-11/h3-6,9H,7-8H2,1-2H3,(H,19,24)/t9-/m1/s1. The zero-order valence-electron chi connectivity index (χ0n) is 13.5. The molecule has 0 aliphatic heterocycles. The maximum atomic E-state index is 13.0. The minimum absolute atomic E-state index is 0.0465. The zero-order chi connectivity index (χ0) is 18.2. The SMILES string of the molecule is C[C@H](CNC(=O)c1cc2c(C(F)(F)F)nn(C)c2s1)Cn1cccn1. The van der Waals surface area contributed by atoms with Crippen LogP contribution in [0.1, 0.15) is 22.3 Å². The Morgan fingerprint density at radius 3 is 2.84 bits per heavy atom. The molecule has 0 spiro atoms. The van der Waals surface area contributed by atoms with Crippen molar-refractivity contribution in [1.29, 1.82) is 0 Å². The van der Waals surface area contributed by atoms with Crippen LogP contribution in [0.2, 0.25) is 0 Å². The molecule has 3 aromatic rings. The molecule has 3 aromatic heterocycles. The predicted molar refractivity (Wildman–Crippen MR) is 87.3 cm³/mol. The number of hydrogen-bond acceptors (Lipinski definition) is 4. The Morgan fingerprint density at radius 1 is 1.44 bits per heavy atom. The fourth-order valence-corrected chi connectivity index (χ4v) is 3.50. The van der Waals surface area contributed by atoms with E-state index in [0.29, 0.717) is 17.9 Å². The fourth-order valence-electron chi connectivity index (χ4n) is 2.51. The van der Waals surface area contributed by atoms with Gasteiger partial charge in [0.1, 0.15) is 4.83 Å². The summed E-state index contributed by atoms with van der Waals surface area (Å²) in [4.78, 5) is 12.8. The molecule has 1 N–H and O–H groups in total. The summed E-state index contributed by atoms with van der Waals surface area (Å²) in [7, 11) is 1.43. The number of rotatable bonds is 5. The number of aromatic nitrogens is 4. The highest BCUT2D eigenvalue weighted by atomic mass is 32.1. The van der Waals surface area contributed by atoms with Gasteiger partial charge in [0.15, 0.2) is 5.69 Å². The number of fused-ring (bicyclic) bond motifs is 1. The molecule has 0 saturated heterocycles. The number of nitrogens with one attached hydrogen (secondary N) is 1. The Bertz CT molecular complexity index is 881. The van der Waals surface area contributed by atoms with Crippen LogP contribution < -0.4 is 5.32 Å². The van der Waals surface area contributed by atoms with Gasteiger partial charge >= 0.3 is 6.18 Å². The van der Waals surface area contributed by atoms with Crippen molar-refractivity contribution < 1.29 is 18.0 Å². The lowest BCUT2D eigenvalue weighted by molar-refractivity contribution is -0.140. The van der Waals surface area contributed by atoms with E-state index in [4.69, 9.17) is 0 Å². The predicted octanol–water partition coefficient (Wildman–Crippen LogP) is 2.92. The molecule has 6 nitrogen and oxygen atoms in total. The normalized spacial score (nSPS) is 13.3. The molecule has 0 saturated carbocycles. The second-order valence-electron chi connectivity index (χ2n) is 5.84. The number of nitrogens with zero attached hydrogens (tertiary/aromatic N) is 4. The van der Waals surface area contributed by atoms with Crippen molar-refractivity contribution in [3.05, 3.63) is 35.1 Å². The Morgan fingerprint density at radius 2 is 2.20 bits per heavy atom. The lowest BCUT2D eigenvalue weighted by atomic mass is 10.2. The topological polar surface area (TPSA) is 64.7 Å². The van der Waals surface area contributed by atoms with Crippen LogP contribution in [0, 0.1) is 5.92 Å². The first-order valence-corrected chi connectivity index (χ1v) is 8.36. The number of carbonyl (C=O) groups is 1. The van der Waals surface area contributed by atoms with Gasteiger partial charge in [-0.25, -0.2) is 0 Å². The fraction of sp³-hybridized carbons (Fsp3) is 0.400. The van der Waals surface area contributed by atoms with Crippen LogP contribution in [-0.2, 0) is 19.8 Å². The highest BCUT2D eigenvalue weighted by Gasteiger charge is 2.37. The first kappa shape index (κ1) is 17.5. The largest absolute Gasteiger partial charge is 0.435 e. The van der Waals surface area contributed by atoms with Crippen molar-refractivity contribution in [3.63, 3.8) is 0 Å². The number of alkyl halides is 3. The van der Waals surface area contributed by atoms with Gasteiger partial charge in [-0.3, -0.25) is 14.2 Å². The van der Waals surface area contributed by atoms with Crippen LogP contribution in [0.15, 0.2) is 24.5 Å². The maximum absolute atomic E-state index is 13.0. The Hall–Kier alpha value is -2.36. The number of thiophene rings is 1. The van der Waals surface area contributed by atoms with Crippen molar-refractivity contribution in [1.82, 2.24) is 24.9 Å². The van der Waals surface area contributed by atoms with Gasteiger partial charge in [-0.1, -0.05) is 6.92 Å². The van der Waals surface area contributed by atoms with Gasteiger partial charge in [-0.2, -0.15) is 23.4 Å². The summed E-state index contributed by atoms with van der Waals surface area (Å²) in [6.07, 6.45) is -1.04. The van der Waals surface area contributed by atoms with Gasteiger partial charge < -0.3 is 5.32 Å². The molecular weight excluding hydrogens is 355 g/mol. The first-order valence-electron chi connectivity index (χ1n) is 7.55. The molecule has 25 heavy (non-hydrogen) atoms. The summed E-state index contributed by atoms with van der Waals surface area (Å²) in [6, 6.07) is 3.07. The number of carbonyl (C=O) groups excluding carboxylic acids is 1. The quantitative estimate of drug-likeness (QED) is 0.750. The molecule has 134 valence electrons. The van der Waals surface area contributed by atoms with Crippen molar-refractivity contribution in [2.75, 3.05) is 6.54 Å². The summed E-state index contributed by atoms with van der Waals surface area (Å²) >= 11 is 0.997. The van der Waals surface area contributed by atoms with Gasteiger partial charge in [-0.15, -0.1) is 11.3 Å². The zero-order valence-corrected chi connectivity index (χ0v) is 14.4. The van der Waals surface area contributed by atoms with Crippen LogP contribution in [-0.4, -0.2) is 32.0 Å². The molecule has 0 radical (unpaired) electrons. The molecule has 0 bridgehead atoms. The molecule has 3 rings (SSSR count). The third kappa shape index (κ3) is 3.68. The average molecular weight is 371 g/mol. The molecule has 10 heteroatoms. The second kappa shape index (κ2) is 6.51. The molecule has 1 amide bonds. The van der Waals surface area contributed by atoms with E-state index in [1.807, 2.05) is 19.2 Å². The third-order valence-electron chi connectivity index (χ3n) is 3.67. The van der Waals surface area contributed by atoms with Crippen LogP contribution in [0.3, 0.4) is 0 Å². The third-order valence-corrected chi connectivity index (χ3v) is 4.87. The van der Waals surface area contributed by atoms with E-state index in [1.165, 1.54) is 13.1 Å². The summed E-state index contributed by atoms with van der Waals surface area (Å²) in [6.45, 7) is 3.00. The van der Waals surface area contributed by atoms with Crippen LogP contribution in [0.25, 0.3) is 10.2 Å². The van der Waals surface area contributed by atoms with E-state index in [-0.39, 0.29) is 22.1 Å². The number of hydrogen-bond donors (Lipinski definition) is 1. The Balaban J connectivity index is 1.70. The van der Waals surface area contributed by atoms with Crippen LogP contribution in [0.4, 0.5) is 13.2 Å². The number of halogens is 3. The van der Waals surface area contributed by atoms with Crippen molar-refractivity contribution in [2.45, 2.75) is 19.6 Å². The summed E-state index contributed by atoms with van der Waals surface area (Å²) in [5, 5.41) is 10.3. The van der Waals surface area contributed by atoms with E-state index >= 15 is 0 Å². The molecule has 0 fully saturated rings. The van der Waals surface area contributed by atoms with Gasteiger partial charge in [-0.05, 0) is 18.1 Å². The first-order chi connectivity index (χ1) is 11.8. The molecule has 3 heterocycles. The van der Waals surface area contributed by atoms with Crippen LogP contribution in [0.5, 0.6) is 0 Å². The molecule has 0 unspecified atom stereocenters. The van der Waals surface area contributed by atoms with Gasteiger partial charge in [0.05, 0.1) is 4.88 Å². The number of amides is 1. The van der Waals surface area contributed by atoms with E-state index in [0.717, 1.165) is 16.0 Å². The van der Waals surface area contributed by atoms with E-state index in [1.54, 1.807) is 10.9 Å². The molecule has 0 aromatic carbocycles. The highest BCUT2D eigenvalue weighted by Crippen LogP contribution is 2.37. The summed E-state index contributed by atoms with van der Waals surface area (Å²) < 4.78 is 41.9. The Labute approximate surface area is 145 Å². The molecule has 0 aliphatic carbocycles. The second-order valence-corrected chi connectivity index (χ2v) is 6.87. The number of aryl methyl sites for hydroxylation is 1. The minimum atomic E-state index is -4.55. The lowest BCUT2D eigenvalue weighted by Crippen LogP contribution is -2.29. The highest BCUT2D eigenvalue weighted by molar-refractivity contribution is 7.20. The summed E-state index contributed by atoms with van der Waals surface area (Å²) in [5.74, 6) is -0.257. The van der Waals surface area contributed by atoms with E-state index in [9.17, 15) is 18.0 Å². The molecule has 1 atom stereocenters. The summed E-state index contributed by atoms with van der Waals surface area (Å²) in [5.41, 5.74) is -0.965. The van der Waals surface area contributed by atoms with Gasteiger partial charge in [0.2, 0.25) is 0 Å². The van der Waals surface area contributed by atoms with Gasteiger partial charge in [0, 0.05) is 37.9 Å².